The standard InChI is InChI=1S/C20H23N3O4S/c1-4-15(12-24)22-28(26,27)18-11-14(10-9-13(18)2)19-16-7-5-6-8-17(16)20(25)23(3)21-19/h5-11,15,22,24H,4,12H2,1-3H3/t15-/m0/s1. The predicted octanol–water partition coefficient (Wildman–Crippen LogP) is 1.96. The van der Waals surface area contributed by atoms with Crippen LogP contribution in [-0.2, 0) is 17.1 Å². The smallest absolute Gasteiger partial charge is 0.274 e. The molecule has 8 heteroatoms. The SMILES string of the molecule is CC[C@@H](CO)NS(=O)(=O)c1cc(-c2nn(C)c(=O)c3ccccc23)ccc1C. The number of benzene rings is 2. The number of hydrogen-bond donors (Lipinski definition) is 2. The maximum atomic E-state index is 12.9. The highest BCUT2D eigenvalue weighted by Crippen LogP contribution is 2.28. The van der Waals surface area contributed by atoms with Gasteiger partial charge in [0, 0.05) is 24.0 Å². The molecule has 3 aromatic rings. The van der Waals surface area contributed by atoms with E-state index in [4.69, 9.17) is 0 Å². The van der Waals surface area contributed by atoms with E-state index in [-0.39, 0.29) is 17.1 Å². The van der Waals surface area contributed by atoms with E-state index in [1.54, 1.807) is 57.3 Å². The average Bonchev–Trinajstić information content (AvgIpc) is 2.69. The van der Waals surface area contributed by atoms with Crippen molar-refractivity contribution < 1.29 is 13.5 Å². The number of fused-ring (bicyclic) bond motifs is 1. The fourth-order valence-electron chi connectivity index (χ4n) is 3.08. The Bertz CT molecular complexity index is 1180. The van der Waals surface area contributed by atoms with Crippen LogP contribution in [0.2, 0.25) is 0 Å². The molecular formula is C20H23N3O4S. The summed E-state index contributed by atoms with van der Waals surface area (Å²) in [6.07, 6.45) is 0.474. The molecule has 0 unspecified atom stereocenters. The number of hydrogen-bond acceptors (Lipinski definition) is 5. The first-order valence-corrected chi connectivity index (χ1v) is 10.5. The van der Waals surface area contributed by atoms with E-state index in [1.165, 1.54) is 4.68 Å². The zero-order valence-electron chi connectivity index (χ0n) is 16.0. The molecule has 0 fully saturated rings. The third-order valence-electron chi connectivity index (χ3n) is 4.74. The molecule has 0 aliphatic heterocycles. The molecule has 1 heterocycles. The highest BCUT2D eigenvalue weighted by atomic mass is 32.2. The Balaban J connectivity index is 2.19. The number of nitrogens with zero attached hydrogens (tertiary/aromatic N) is 2. The summed E-state index contributed by atoms with van der Waals surface area (Å²) < 4.78 is 29.5. The van der Waals surface area contributed by atoms with Crippen LogP contribution in [-0.4, -0.2) is 36.0 Å². The van der Waals surface area contributed by atoms with Crippen LogP contribution in [0, 0.1) is 6.92 Å². The van der Waals surface area contributed by atoms with Crippen molar-refractivity contribution in [3.8, 4) is 11.3 Å². The Morgan fingerprint density at radius 3 is 2.50 bits per heavy atom. The van der Waals surface area contributed by atoms with Crippen molar-refractivity contribution >= 4 is 20.8 Å². The average molecular weight is 401 g/mol. The summed E-state index contributed by atoms with van der Waals surface area (Å²) in [6, 6.07) is 11.6. The second-order valence-electron chi connectivity index (χ2n) is 6.71. The first-order valence-electron chi connectivity index (χ1n) is 8.98. The molecule has 2 N–H and O–H groups in total. The lowest BCUT2D eigenvalue weighted by Crippen LogP contribution is -2.37. The van der Waals surface area contributed by atoms with Crippen molar-refractivity contribution in [2.75, 3.05) is 6.61 Å². The topological polar surface area (TPSA) is 101 Å². The molecule has 0 saturated carbocycles. The minimum Gasteiger partial charge on any atom is -0.395 e. The Hall–Kier alpha value is -2.55. The minimum atomic E-state index is -3.82. The first kappa shape index (κ1) is 20.2. The lowest BCUT2D eigenvalue weighted by molar-refractivity contribution is 0.254. The molecule has 28 heavy (non-hydrogen) atoms. The number of rotatable bonds is 6. The molecule has 7 nitrogen and oxygen atoms in total. The van der Waals surface area contributed by atoms with Crippen LogP contribution in [0.15, 0.2) is 52.2 Å². The van der Waals surface area contributed by atoms with E-state index in [9.17, 15) is 18.3 Å². The summed E-state index contributed by atoms with van der Waals surface area (Å²) >= 11 is 0. The molecule has 3 rings (SSSR count). The maximum Gasteiger partial charge on any atom is 0.274 e. The van der Waals surface area contributed by atoms with Crippen molar-refractivity contribution in [3.05, 3.63) is 58.4 Å². The predicted molar refractivity (Wildman–Crippen MR) is 109 cm³/mol. The molecule has 148 valence electrons. The Morgan fingerprint density at radius 2 is 1.86 bits per heavy atom. The highest BCUT2D eigenvalue weighted by molar-refractivity contribution is 7.89. The van der Waals surface area contributed by atoms with Crippen LogP contribution in [0.1, 0.15) is 18.9 Å². The summed E-state index contributed by atoms with van der Waals surface area (Å²) in [5, 5.41) is 14.9. The van der Waals surface area contributed by atoms with Gasteiger partial charge in [-0.25, -0.2) is 17.8 Å². The third-order valence-corrected chi connectivity index (χ3v) is 6.41. The van der Waals surface area contributed by atoms with E-state index in [0.29, 0.717) is 34.0 Å². The quantitative estimate of drug-likeness (QED) is 0.657. The lowest BCUT2D eigenvalue weighted by Gasteiger charge is -2.16. The number of aromatic nitrogens is 2. The monoisotopic (exact) mass is 401 g/mol. The number of nitrogens with one attached hydrogen (secondary N) is 1. The second-order valence-corrected chi connectivity index (χ2v) is 8.39. The first-order chi connectivity index (χ1) is 13.3. The van der Waals surface area contributed by atoms with Gasteiger partial charge in [-0.3, -0.25) is 4.79 Å². The van der Waals surface area contributed by atoms with Gasteiger partial charge in [0.15, 0.2) is 0 Å². The molecule has 0 spiro atoms. The van der Waals surface area contributed by atoms with Crippen molar-refractivity contribution in [2.24, 2.45) is 7.05 Å². The summed E-state index contributed by atoms with van der Waals surface area (Å²) in [5.41, 5.74) is 1.49. The van der Waals surface area contributed by atoms with E-state index >= 15 is 0 Å². The Morgan fingerprint density at radius 1 is 1.18 bits per heavy atom. The van der Waals surface area contributed by atoms with Gasteiger partial charge >= 0.3 is 0 Å². The van der Waals surface area contributed by atoms with Gasteiger partial charge in [0.25, 0.3) is 5.56 Å². The summed E-state index contributed by atoms with van der Waals surface area (Å²) in [4.78, 5) is 12.5. The Labute approximate surface area is 163 Å². The van der Waals surface area contributed by atoms with Gasteiger partial charge in [0.2, 0.25) is 10.0 Å². The zero-order chi connectivity index (χ0) is 20.5. The second kappa shape index (κ2) is 7.83. The van der Waals surface area contributed by atoms with Gasteiger partial charge in [-0.05, 0) is 31.0 Å². The number of aryl methyl sites for hydroxylation is 2. The normalized spacial score (nSPS) is 13.0. The largest absolute Gasteiger partial charge is 0.395 e. The van der Waals surface area contributed by atoms with E-state index in [2.05, 4.69) is 9.82 Å². The Kier molecular flexibility index (Phi) is 5.64. The molecule has 0 aliphatic rings. The third kappa shape index (κ3) is 3.71. The number of sulfonamides is 1. The molecule has 1 aromatic heterocycles. The highest BCUT2D eigenvalue weighted by Gasteiger charge is 2.22. The summed E-state index contributed by atoms with van der Waals surface area (Å²) in [7, 11) is -2.25. The van der Waals surface area contributed by atoms with Crippen molar-refractivity contribution in [1.29, 1.82) is 0 Å². The van der Waals surface area contributed by atoms with Gasteiger partial charge < -0.3 is 5.11 Å². The van der Waals surface area contributed by atoms with Crippen LogP contribution in [0.5, 0.6) is 0 Å². The molecule has 0 saturated heterocycles. The molecule has 0 bridgehead atoms. The molecular weight excluding hydrogens is 378 g/mol. The van der Waals surface area contributed by atoms with Gasteiger partial charge in [-0.15, -0.1) is 0 Å². The van der Waals surface area contributed by atoms with Crippen LogP contribution in [0.4, 0.5) is 0 Å². The summed E-state index contributed by atoms with van der Waals surface area (Å²) in [5.74, 6) is 0. The zero-order valence-corrected chi connectivity index (χ0v) is 16.8. The van der Waals surface area contributed by atoms with Gasteiger partial charge in [0.1, 0.15) is 0 Å². The van der Waals surface area contributed by atoms with Crippen LogP contribution >= 0.6 is 0 Å². The molecule has 2 aromatic carbocycles. The van der Waals surface area contributed by atoms with E-state index < -0.39 is 16.1 Å². The van der Waals surface area contributed by atoms with E-state index in [1.807, 2.05) is 6.07 Å². The number of aliphatic hydroxyl groups is 1. The maximum absolute atomic E-state index is 12.9. The van der Waals surface area contributed by atoms with Gasteiger partial charge in [-0.1, -0.05) is 37.3 Å². The molecule has 0 radical (unpaired) electrons. The van der Waals surface area contributed by atoms with Gasteiger partial charge in [0.05, 0.1) is 22.6 Å². The molecule has 0 amide bonds. The summed E-state index contributed by atoms with van der Waals surface area (Å²) in [6.45, 7) is 3.24. The van der Waals surface area contributed by atoms with E-state index in [0.717, 1.165) is 0 Å². The van der Waals surface area contributed by atoms with Crippen LogP contribution < -0.4 is 10.3 Å². The van der Waals surface area contributed by atoms with Crippen molar-refractivity contribution in [1.82, 2.24) is 14.5 Å². The van der Waals surface area contributed by atoms with Crippen molar-refractivity contribution in [3.63, 3.8) is 0 Å². The molecule has 1 atom stereocenters. The van der Waals surface area contributed by atoms with Crippen LogP contribution in [0.3, 0.4) is 0 Å². The fourth-order valence-corrected chi connectivity index (χ4v) is 4.66. The van der Waals surface area contributed by atoms with Crippen LogP contribution in [0.25, 0.3) is 22.0 Å². The van der Waals surface area contributed by atoms with Crippen molar-refractivity contribution in [2.45, 2.75) is 31.2 Å². The lowest BCUT2D eigenvalue weighted by atomic mass is 10.0. The van der Waals surface area contributed by atoms with Gasteiger partial charge in [-0.2, -0.15) is 5.10 Å². The number of aliphatic hydroxyl groups excluding tert-OH is 1. The molecule has 0 aliphatic carbocycles. The minimum absolute atomic E-state index is 0.122. The fraction of sp³-hybridized carbons (Fsp3) is 0.300.